The van der Waals surface area contributed by atoms with Gasteiger partial charge in [0.15, 0.2) is 51.0 Å². The standard InChI is InChI=1S/C15H13F2N3.C14H13ClN4.C14H14N4.C10H12FN3S/c1-9(2)20-14(10-5-6-11(16)12(17)8-10)19-13-4-3-7-18-15(13)20;1-9(2)19-13-12(7-10(15)8-17-13)18-14(19)11-5-3-4-6-16-11;1-10(2)18-13-12(7-5-9-16-13)17-14(18)11-6-3-4-8-15-11;1-6(2)14-9-8(13-10(14)15-3)4-7(11)5-12-9/h3-9H,1-2H3;3-9H,1-2H3;3-10H,1-2H3;4-6H,1-3H3. The molecule has 0 fully saturated rings. The first kappa shape index (κ1) is 50.8. The number of benzene rings is 1. The summed E-state index contributed by atoms with van der Waals surface area (Å²) in [6.07, 6.45) is 11.9. The maximum absolute atomic E-state index is 13.4. The summed E-state index contributed by atoms with van der Waals surface area (Å²) in [5, 5.41) is 1.46. The number of rotatable bonds is 8. The van der Waals surface area contributed by atoms with Crippen molar-refractivity contribution in [3.8, 4) is 34.4 Å². The number of imidazole rings is 4. The van der Waals surface area contributed by atoms with E-state index in [4.69, 9.17) is 11.6 Å². The Morgan fingerprint density at radius 3 is 1.43 bits per heavy atom. The van der Waals surface area contributed by atoms with Gasteiger partial charge in [-0.05, 0) is 134 Å². The summed E-state index contributed by atoms with van der Waals surface area (Å²) in [7, 11) is 0. The van der Waals surface area contributed by atoms with Crippen molar-refractivity contribution in [3.05, 3.63) is 151 Å². The Bertz CT molecular complexity index is 3610. The van der Waals surface area contributed by atoms with E-state index in [2.05, 4.69) is 101 Å². The van der Waals surface area contributed by atoms with E-state index in [1.54, 1.807) is 48.8 Å². The first-order valence-corrected chi connectivity index (χ1v) is 24.8. The molecule has 1 aromatic carbocycles. The zero-order valence-electron chi connectivity index (χ0n) is 41.1. The van der Waals surface area contributed by atoms with Crippen LogP contribution < -0.4 is 0 Å². The second kappa shape index (κ2) is 22.2. The fraction of sp³-hybridized carbons (Fsp3) is 0.245. The summed E-state index contributed by atoms with van der Waals surface area (Å²) < 4.78 is 47.6. The molecule has 0 aliphatic carbocycles. The van der Waals surface area contributed by atoms with Gasteiger partial charge >= 0.3 is 0 Å². The molecule has 0 atom stereocenters. The van der Waals surface area contributed by atoms with E-state index in [0.717, 1.165) is 79.5 Å². The lowest BCUT2D eigenvalue weighted by molar-refractivity contribution is 0.508. The van der Waals surface area contributed by atoms with Crippen LogP contribution in [0.3, 0.4) is 0 Å². The molecule has 368 valence electrons. The lowest BCUT2D eigenvalue weighted by Gasteiger charge is -2.12. The molecule has 0 radical (unpaired) electrons. The van der Waals surface area contributed by atoms with Gasteiger partial charge in [0.05, 0.1) is 11.2 Å². The molecule has 11 aromatic rings. The molecule has 0 bridgehead atoms. The molecule has 10 heterocycles. The van der Waals surface area contributed by atoms with E-state index in [1.165, 1.54) is 18.3 Å². The van der Waals surface area contributed by atoms with Crippen LogP contribution in [0.25, 0.3) is 79.1 Å². The number of fused-ring (bicyclic) bond motifs is 4. The van der Waals surface area contributed by atoms with E-state index in [9.17, 15) is 13.2 Å². The van der Waals surface area contributed by atoms with Crippen LogP contribution in [0.5, 0.6) is 0 Å². The Morgan fingerprint density at radius 2 is 0.917 bits per heavy atom. The monoisotopic (exact) mass is 1010 g/mol. The Kier molecular flexibility index (Phi) is 15.7. The Labute approximate surface area is 423 Å². The third kappa shape index (κ3) is 10.8. The molecule has 11 rings (SSSR count). The maximum Gasteiger partial charge on any atom is 0.170 e. The SMILES string of the molecule is CC(C)n1c(-c2ccc(F)c(F)c2)nc2cccnc21.CC(C)n1c(-c2ccccn2)nc2cc(Cl)cnc21.CC(C)n1c(-c2ccccn2)nc2cccnc21.CSc1nc2cc(F)cnc2n1C(C)C. The molecule has 72 heavy (non-hydrogen) atoms. The van der Waals surface area contributed by atoms with Gasteiger partial charge in [-0.1, -0.05) is 35.5 Å². The normalized spacial score (nSPS) is 11.4. The van der Waals surface area contributed by atoms with Crippen molar-refractivity contribution in [2.24, 2.45) is 0 Å². The number of halogens is 4. The summed E-state index contributed by atoms with van der Waals surface area (Å²) in [4.78, 5) is 44.0. The predicted molar refractivity (Wildman–Crippen MR) is 280 cm³/mol. The average Bonchev–Trinajstić information content (AvgIpc) is 4.16. The summed E-state index contributed by atoms with van der Waals surface area (Å²) in [5.41, 5.74) is 8.54. The van der Waals surface area contributed by atoms with Gasteiger partial charge in [-0.3, -0.25) is 9.97 Å². The van der Waals surface area contributed by atoms with Gasteiger partial charge in [-0.25, -0.2) is 53.0 Å². The molecule has 0 aliphatic heterocycles. The van der Waals surface area contributed by atoms with Crippen LogP contribution in [0.4, 0.5) is 13.2 Å². The van der Waals surface area contributed by atoms with E-state index in [1.807, 2.05) is 89.9 Å². The number of hydrogen-bond donors (Lipinski definition) is 0. The molecule has 19 heteroatoms. The van der Waals surface area contributed by atoms with Crippen molar-refractivity contribution in [2.45, 2.75) is 84.7 Å². The second-order valence-electron chi connectivity index (χ2n) is 17.5. The van der Waals surface area contributed by atoms with Crippen molar-refractivity contribution in [1.29, 1.82) is 0 Å². The topological polar surface area (TPSA) is 149 Å². The third-order valence-electron chi connectivity index (χ3n) is 11.1. The smallest absolute Gasteiger partial charge is 0.170 e. The van der Waals surface area contributed by atoms with E-state index >= 15 is 0 Å². The van der Waals surface area contributed by atoms with E-state index in [0.29, 0.717) is 28.0 Å². The van der Waals surface area contributed by atoms with Crippen LogP contribution >= 0.6 is 23.4 Å². The minimum Gasteiger partial charge on any atom is -0.306 e. The summed E-state index contributed by atoms with van der Waals surface area (Å²) in [6, 6.07) is 27.1. The van der Waals surface area contributed by atoms with E-state index < -0.39 is 11.6 Å². The van der Waals surface area contributed by atoms with Gasteiger partial charge in [-0.15, -0.1) is 0 Å². The van der Waals surface area contributed by atoms with Crippen LogP contribution in [0.15, 0.2) is 133 Å². The van der Waals surface area contributed by atoms with Crippen LogP contribution in [0.2, 0.25) is 5.02 Å². The van der Waals surface area contributed by atoms with Crippen molar-refractivity contribution < 1.29 is 13.2 Å². The number of hydrogen-bond acceptors (Lipinski definition) is 11. The van der Waals surface area contributed by atoms with Crippen molar-refractivity contribution in [1.82, 2.24) is 68.1 Å². The van der Waals surface area contributed by atoms with Crippen molar-refractivity contribution in [2.75, 3.05) is 6.26 Å². The molecule has 0 saturated carbocycles. The molecule has 14 nitrogen and oxygen atoms in total. The number of nitrogens with zero attached hydrogens (tertiary/aromatic N) is 14. The van der Waals surface area contributed by atoms with Gasteiger partial charge in [0.2, 0.25) is 0 Å². The molecule has 0 saturated heterocycles. The largest absolute Gasteiger partial charge is 0.306 e. The molecule has 0 N–H and O–H groups in total. The fourth-order valence-electron chi connectivity index (χ4n) is 8.02. The summed E-state index contributed by atoms with van der Waals surface area (Å²) in [6.45, 7) is 16.6. The average molecular weight is 1010 g/mol. The highest BCUT2D eigenvalue weighted by atomic mass is 35.5. The predicted octanol–water partition coefficient (Wildman–Crippen LogP) is 13.6. The third-order valence-corrected chi connectivity index (χ3v) is 11.9. The Balaban J connectivity index is 0.000000129. The minimum atomic E-state index is -0.877. The van der Waals surface area contributed by atoms with Crippen molar-refractivity contribution in [3.63, 3.8) is 0 Å². The zero-order valence-corrected chi connectivity index (χ0v) is 42.7. The van der Waals surface area contributed by atoms with Crippen LogP contribution in [0.1, 0.15) is 79.6 Å². The highest BCUT2D eigenvalue weighted by Gasteiger charge is 2.20. The fourth-order valence-corrected chi connectivity index (χ4v) is 8.86. The van der Waals surface area contributed by atoms with Gasteiger partial charge in [0, 0.05) is 66.8 Å². The first-order valence-electron chi connectivity index (χ1n) is 23.2. The summed E-state index contributed by atoms with van der Waals surface area (Å²) in [5.74, 6) is 0.202. The molecule has 0 amide bonds. The summed E-state index contributed by atoms with van der Waals surface area (Å²) >= 11 is 7.52. The van der Waals surface area contributed by atoms with Gasteiger partial charge in [0.25, 0.3) is 0 Å². The van der Waals surface area contributed by atoms with Crippen LogP contribution in [-0.2, 0) is 0 Å². The van der Waals surface area contributed by atoms with E-state index in [-0.39, 0.29) is 23.9 Å². The lowest BCUT2D eigenvalue weighted by Crippen LogP contribution is -2.04. The molecule has 0 aliphatic rings. The molecular weight excluding hydrogens is 957 g/mol. The highest BCUT2D eigenvalue weighted by molar-refractivity contribution is 7.98. The maximum atomic E-state index is 13.4. The molecule has 0 spiro atoms. The molecule has 10 aromatic heterocycles. The van der Waals surface area contributed by atoms with Gasteiger partial charge in [-0.2, -0.15) is 0 Å². The van der Waals surface area contributed by atoms with Crippen LogP contribution in [0, 0.1) is 17.5 Å². The zero-order chi connectivity index (χ0) is 51.2. The van der Waals surface area contributed by atoms with Crippen LogP contribution in [-0.4, -0.2) is 74.4 Å². The Morgan fingerprint density at radius 1 is 0.444 bits per heavy atom. The number of pyridine rings is 6. The second-order valence-corrected chi connectivity index (χ2v) is 18.7. The minimum absolute atomic E-state index is 0.109. The quantitative estimate of drug-likeness (QED) is 0.134. The number of aromatic nitrogens is 14. The molecular formula is C53H52ClF3N14S. The van der Waals surface area contributed by atoms with Gasteiger partial charge < -0.3 is 18.3 Å². The molecule has 0 unspecified atom stereocenters. The first-order chi connectivity index (χ1) is 34.6. The number of thioether (sulfide) groups is 1. The lowest BCUT2D eigenvalue weighted by atomic mass is 10.2. The Hall–Kier alpha value is -7.57. The highest BCUT2D eigenvalue weighted by Crippen LogP contribution is 2.31. The van der Waals surface area contributed by atoms with Crippen molar-refractivity contribution >= 4 is 68.0 Å². The van der Waals surface area contributed by atoms with Gasteiger partial charge in [0.1, 0.15) is 45.1 Å².